The van der Waals surface area contributed by atoms with E-state index in [4.69, 9.17) is 0 Å². The lowest BCUT2D eigenvalue weighted by molar-refractivity contribution is 0.0781. The van der Waals surface area contributed by atoms with Gasteiger partial charge in [0.05, 0.1) is 6.54 Å². The predicted octanol–water partition coefficient (Wildman–Crippen LogP) is 1.52. The fraction of sp³-hybridized carbons (Fsp3) is 0.250. The monoisotopic (exact) mass is 248 g/mol. The quantitative estimate of drug-likeness (QED) is 0.895. The van der Waals surface area contributed by atoms with Gasteiger partial charge in [-0.15, -0.1) is 0 Å². The Hall–Kier alpha value is -2.24. The highest BCUT2D eigenvalue weighted by molar-refractivity contribution is 5.94. The Morgan fingerprint density at radius 2 is 2.22 bits per heavy atom. The van der Waals surface area contributed by atoms with Crippen LogP contribution in [0.4, 0.5) is 4.39 Å². The number of aryl methyl sites for hydroxylation is 1. The summed E-state index contributed by atoms with van der Waals surface area (Å²) in [6.45, 7) is 2.05. The maximum atomic E-state index is 13.2. The van der Waals surface area contributed by atoms with Crippen LogP contribution in [-0.2, 0) is 6.54 Å². The number of carbonyl (C=O) groups is 1. The molecule has 0 aliphatic carbocycles. The molecule has 1 aromatic heterocycles. The maximum absolute atomic E-state index is 13.2. The lowest BCUT2D eigenvalue weighted by Gasteiger charge is -2.15. The molecular formula is C12H13FN4O. The lowest BCUT2D eigenvalue weighted by Crippen LogP contribution is -2.26. The molecule has 0 spiro atoms. The van der Waals surface area contributed by atoms with Crippen LogP contribution in [0.3, 0.4) is 0 Å². The van der Waals surface area contributed by atoms with Crippen molar-refractivity contribution in [2.24, 2.45) is 0 Å². The first kappa shape index (κ1) is 12.2. The van der Waals surface area contributed by atoms with E-state index in [1.165, 1.54) is 23.4 Å². The van der Waals surface area contributed by atoms with Crippen molar-refractivity contribution in [2.75, 3.05) is 7.05 Å². The molecule has 0 radical (unpaired) electrons. The normalized spacial score (nSPS) is 10.4. The van der Waals surface area contributed by atoms with E-state index in [1.807, 2.05) is 0 Å². The van der Waals surface area contributed by atoms with E-state index in [0.29, 0.717) is 23.5 Å². The van der Waals surface area contributed by atoms with Gasteiger partial charge in [0.25, 0.3) is 5.91 Å². The molecule has 0 fully saturated rings. The van der Waals surface area contributed by atoms with Gasteiger partial charge in [-0.2, -0.15) is 5.10 Å². The van der Waals surface area contributed by atoms with Crippen molar-refractivity contribution >= 4 is 5.91 Å². The third-order valence-electron chi connectivity index (χ3n) is 2.49. The molecule has 2 rings (SSSR count). The van der Waals surface area contributed by atoms with Gasteiger partial charge >= 0.3 is 0 Å². The van der Waals surface area contributed by atoms with Gasteiger partial charge in [0.15, 0.2) is 0 Å². The van der Waals surface area contributed by atoms with Crippen LogP contribution < -0.4 is 0 Å². The fourth-order valence-electron chi connectivity index (χ4n) is 1.68. The van der Waals surface area contributed by atoms with Crippen molar-refractivity contribution in [2.45, 2.75) is 13.5 Å². The highest BCUT2D eigenvalue weighted by Gasteiger charge is 2.14. The third kappa shape index (κ3) is 2.71. The first-order chi connectivity index (χ1) is 8.56. The molecule has 1 aromatic carbocycles. The molecule has 0 aliphatic heterocycles. The summed E-state index contributed by atoms with van der Waals surface area (Å²) in [4.78, 5) is 17.5. The average molecular weight is 248 g/mol. The second kappa shape index (κ2) is 4.95. The van der Waals surface area contributed by atoms with Gasteiger partial charge in [-0.1, -0.05) is 0 Å². The SMILES string of the molecule is Cc1cc(F)cc(C(=O)N(C)Cc2ncn[nH]2)c1. The summed E-state index contributed by atoms with van der Waals surface area (Å²) in [7, 11) is 1.63. The van der Waals surface area contributed by atoms with Crippen molar-refractivity contribution in [1.29, 1.82) is 0 Å². The van der Waals surface area contributed by atoms with Gasteiger partial charge in [0.1, 0.15) is 18.0 Å². The molecule has 94 valence electrons. The van der Waals surface area contributed by atoms with E-state index in [1.54, 1.807) is 20.0 Å². The van der Waals surface area contributed by atoms with Crippen molar-refractivity contribution in [3.05, 3.63) is 47.3 Å². The van der Waals surface area contributed by atoms with Gasteiger partial charge in [-0.25, -0.2) is 9.37 Å². The smallest absolute Gasteiger partial charge is 0.254 e. The Kier molecular flexibility index (Phi) is 3.36. The van der Waals surface area contributed by atoms with Gasteiger partial charge in [-0.05, 0) is 30.7 Å². The summed E-state index contributed by atoms with van der Waals surface area (Å²) in [6.07, 6.45) is 1.37. The van der Waals surface area contributed by atoms with Crippen molar-refractivity contribution in [3.63, 3.8) is 0 Å². The van der Waals surface area contributed by atoms with E-state index < -0.39 is 5.82 Å². The number of hydrogen-bond donors (Lipinski definition) is 1. The van der Waals surface area contributed by atoms with Crippen molar-refractivity contribution < 1.29 is 9.18 Å². The molecule has 0 bridgehead atoms. The molecule has 0 atom stereocenters. The molecule has 0 unspecified atom stereocenters. The van der Waals surface area contributed by atoms with Crippen LogP contribution >= 0.6 is 0 Å². The number of hydrogen-bond acceptors (Lipinski definition) is 3. The number of rotatable bonds is 3. The number of carbonyl (C=O) groups excluding carboxylic acids is 1. The minimum atomic E-state index is -0.411. The summed E-state index contributed by atoms with van der Waals surface area (Å²) in [5, 5.41) is 6.37. The summed E-state index contributed by atoms with van der Waals surface area (Å²) >= 11 is 0. The molecular weight excluding hydrogens is 235 g/mol. The fourth-order valence-corrected chi connectivity index (χ4v) is 1.68. The lowest BCUT2D eigenvalue weighted by atomic mass is 10.1. The zero-order chi connectivity index (χ0) is 13.1. The largest absolute Gasteiger partial charge is 0.334 e. The van der Waals surface area contributed by atoms with E-state index in [0.717, 1.165) is 0 Å². The number of halogens is 1. The number of benzene rings is 1. The van der Waals surface area contributed by atoms with E-state index in [2.05, 4.69) is 15.2 Å². The number of aromatic amines is 1. The molecule has 18 heavy (non-hydrogen) atoms. The van der Waals surface area contributed by atoms with Crippen LogP contribution in [0.15, 0.2) is 24.5 Å². The number of aromatic nitrogens is 3. The highest BCUT2D eigenvalue weighted by Crippen LogP contribution is 2.11. The zero-order valence-corrected chi connectivity index (χ0v) is 10.1. The molecule has 0 saturated carbocycles. The molecule has 2 aromatic rings. The number of amides is 1. The minimum Gasteiger partial charge on any atom is -0.334 e. The number of H-pyrrole nitrogens is 1. The Morgan fingerprint density at radius 1 is 1.44 bits per heavy atom. The Labute approximate surface area is 104 Å². The van der Waals surface area contributed by atoms with Crippen LogP contribution in [0.25, 0.3) is 0 Å². The highest BCUT2D eigenvalue weighted by atomic mass is 19.1. The summed E-state index contributed by atoms with van der Waals surface area (Å²) < 4.78 is 13.2. The van der Waals surface area contributed by atoms with Gasteiger partial charge in [0, 0.05) is 12.6 Å². The topological polar surface area (TPSA) is 61.9 Å². The van der Waals surface area contributed by atoms with Gasteiger partial charge in [0.2, 0.25) is 0 Å². The first-order valence-corrected chi connectivity index (χ1v) is 5.43. The molecule has 5 nitrogen and oxygen atoms in total. The molecule has 0 aliphatic rings. The Morgan fingerprint density at radius 3 is 2.83 bits per heavy atom. The minimum absolute atomic E-state index is 0.256. The number of nitrogens with zero attached hydrogens (tertiary/aromatic N) is 3. The van der Waals surface area contributed by atoms with Gasteiger partial charge in [-0.3, -0.25) is 9.89 Å². The van der Waals surface area contributed by atoms with E-state index >= 15 is 0 Å². The maximum Gasteiger partial charge on any atom is 0.254 e. The van der Waals surface area contributed by atoms with Crippen LogP contribution in [0, 0.1) is 12.7 Å². The van der Waals surface area contributed by atoms with Crippen molar-refractivity contribution in [1.82, 2.24) is 20.1 Å². The summed E-state index contributed by atoms with van der Waals surface area (Å²) in [6, 6.07) is 4.27. The predicted molar refractivity (Wildman–Crippen MR) is 63.3 cm³/mol. The summed E-state index contributed by atoms with van der Waals surface area (Å²) in [5.74, 6) is -0.0839. The Balaban J connectivity index is 2.15. The van der Waals surface area contributed by atoms with E-state index in [9.17, 15) is 9.18 Å². The third-order valence-corrected chi connectivity index (χ3v) is 2.49. The molecule has 0 saturated heterocycles. The second-order valence-corrected chi connectivity index (χ2v) is 4.11. The van der Waals surface area contributed by atoms with Crippen LogP contribution in [0.1, 0.15) is 21.7 Å². The standard InChI is InChI=1S/C12H13FN4O/c1-8-3-9(5-10(13)4-8)12(18)17(2)6-11-14-7-15-16-11/h3-5,7H,6H2,1-2H3,(H,14,15,16). The first-order valence-electron chi connectivity index (χ1n) is 5.43. The van der Waals surface area contributed by atoms with E-state index in [-0.39, 0.29) is 5.91 Å². The zero-order valence-electron chi connectivity index (χ0n) is 10.1. The second-order valence-electron chi connectivity index (χ2n) is 4.11. The Bertz CT molecular complexity index is 533. The van der Waals surface area contributed by atoms with Gasteiger partial charge < -0.3 is 4.90 Å². The molecule has 1 amide bonds. The van der Waals surface area contributed by atoms with Crippen LogP contribution in [-0.4, -0.2) is 33.0 Å². The molecule has 6 heteroatoms. The molecule has 1 heterocycles. The molecule has 1 N–H and O–H groups in total. The van der Waals surface area contributed by atoms with Crippen LogP contribution in [0.5, 0.6) is 0 Å². The summed E-state index contributed by atoms with van der Waals surface area (Å²) in [5.41, 5.74) is 1.04. The van der Waals surface area contributed by atoms with Crippen molar-refractivity contribution in [3.8, 4) is 0 Å². The van der Waals surface area contributed by atoms with Crippen LogP contribution in [0.2, 0.25) is 0 Å². The average Bonchev–Trinajstić information content (AvgIpc) is 2.79. The number of nitrogens with one attached hydrogen (secondary N) is 1.